The van der Waals surface area contributed by atoms with Crippen LogP contribution in [0.1, 0.15) is 24.3 Å². The minimum Gasteiger partial charge on any atom is -0.372 e. The molecule has 1 amide bonds. The molecule has 0 aliphatic rings. The van der Waals surface area contributed by atoms with Gasteiger partial charge in [0.25, 0.3) is 5.91 Å². The van der Waals surface area contributed by atoms with Crippen LogP contribution >= 0.6 is 0 Å². The van der Waals surface area contributed by atoms with Crippen LogP contribution in [0.25, 0.3) is 0 Å². The summed E-state index contributed by atoms with van der Waals surface area (Å²) in [5, 5.41) is 5.27. The fraction of sp³-hybridized carbons (Fsp3) is 0.190. The fourth-order valence-electron chi connectivity index (χ4n) is 2.80. The Morgan fingerprint density at radius 2 is 1.62 bits per heavy atom. The molecule has 0 spiro atoms. The van der Waals surface area contributed by atoms with E-state index in [1.165, 1.54) is 18.5 Å². The van der Waals surface area contributed by atoms with Crippen LogP contribution in [-0.4, -0.2) is 29.0 Å². The lowest BCUT2D eigenvalue weighted by Gasteiger charge is -2.21. The van der Waals surface area contributed by atoms with Crippen molar-refractivity contribution in [1.82, 2.24) is 9.97 Å². The summed E-state index contributed by atoms with van der Waals surface area (Å²) >= 11 is 0. The molecule has 0 radical (unpaired) electrons. The summed E-state index contributed by atoms with van der Waals surface area (Å²) in [6.07, 6.45) is 2.62. The summed E-state index contributed by atoms with van der Waals surface area (Å²) in [5.74, 6) is -2.04. The minimum atomic E-state index is -0.863. The summed E-state index contributed by atoms with van der Waals surface area (Å²) in [5.41, 5.74) is 1.37. The molecule has 0 saturated carbocycles. The Bertz CT molecular complexity index is 953. The van der Waals surface area contributed by atoms with Gasteiger partial charge in [-0.3, -0.25) is 4.79 Å². The molecule has 2 N–H and O–H groups in total. The average molecular weight is 397 g/mol. The van der Waals surface area contributed by atoms with E-state index in [9.17, 15) is 13.6 Å². The first kappa shape index (κ1) is 20.2. The van der Waals surface area contributed by atoms with Crippen LogP contribution in [0.3, 0.4) is 0 Å². The largest absolute Gasteiger partial charge is 0.372 e. The van der Waals surface area contributed by atoms with Gasteiger partial charge in [0.05, 0.1) is 12.4 Å². The maximum absolute atomic E-state index is 13.7. The van der Waals surface area contributed by atoms with E-state index in [1.807, 2.05) is 24.3 Å². The Kier molecular flexibility index (Phi) is 6.33. The molecular formula is C21H21F2N5O. The van der Waals surface area contributed by atoms with Gasteiger partial charge in [0.15, 0.2) is 0 Å². The summed E-state index contributed by atoms with van der Waals surface area (Å²) in [7, 11) is 0. The number of halogens is 2. The number of hydrogen-bond donors (Lipinski definition) is 2. The molecule has 0 bridgehead atoms. The zero-order valence-electron chi connectivity index (χ0n) is 16.1. The predicted molar refractivity (Wildman–Crippen MR) is 110 cm³/mol. The van der Waals surface area contributed by atoms with Crippen LogP contribution < -0.4 is 15.5 Å². The summed E-state index contributed by atoms with van der Waals surface area (Å²) in [4.78, 5) is 22.6. The normalized spacial score (nSPS) is 10.5. The molecule has 3 rings (SSSR count). The second kappa shape index (κ2) is 9.09. The van der Waals surface area contributed by atoms with E-state index in [2.05, 4.69) is 39.3 Å². The summed E-state index contributed by atoms with van der Waals surface area (Å²) in [6, 6.07) is 11.2. The van der Waals surface area contributed by atoms with Crippen molar-refractivity contribution in [3.05, 3.63) is 72.2 Å². The number of benzene rings is 2. The monoisotopic (exact) mass is 397 g/mol. The third-order valence-corrected chi connectivity index (χ3v) is 4.35. The van der Waals surface area contributed by atoms with E-state index in [0.29, 0.717) is 5.82 Å². The Labute approximate surface area is 167 Å². The van der Waals surface area contributed by atoms with Crippen molar-refractivity contribution < 1.29 is 13.6 Å². The average Bonchev–Trinajstić information content (AvgIpc) is 2.73. The highest BCUT2D eigenvalue weighted by atomic mass is 19.1. The lowest BCUT2D eigenvalue weighted by molar-refractivity contribution is 0.102. The summed E-state index contributed by atoms with van der Waals surface area (Å²) < 4.78 is 27.3. The van der Waals surface area contributed by atoms with Gasteiger partial charge in [-0.05, 0) is 50.2 Å². The van der Waals surface area contributed by atoms with Gasteiger partial charge in [0.2, 0.25) is 0 Å². The topological polar surface area (TPSA) is 70.2 Å². The molecule has 0 aliphatic carbocycles. The van der Waals surface area contributed by atoms with Gasteiger partial charge in [0, 0.05) is 24.5 Å². The van der Waals surface area contributed by atoms with E-state index in [-0.39, 0.29) is 5.69 Å². The van der Waals surface area contributed by atoms with Gasteiger partial charge in [-0.2, -0.15) is 0 Å². The number of rotatable bonds is 7. The number of para-hydroxylation sites is 1. The number of nitrogens with one attached hydrogen (secondary N) is 2. The molecule has 150 valence electrons. The van der Waals surface area contributed by atoms with Gasteiger partial charge in [-0.25, -0.2) is 18.7 Å². The highest BCUT2D eigenvalue weighted by molar-refractivity contribution is 6.02. The molecule has 0 aliphatic heterocycles. The second-order valence-corrected chi connectivity index (χ2v) is 6.18. The number of nitrogens with zero attached hydrogens (tertiary/aromatic N) is 3. The molecule has 1 heterocycles. The summed E-state index contributed by atoms with van der Waals surface area (Å²) in [6.45, 7) is 6.05. The molecule has 0 saturated heterocycles. The van der Waals surface area contributed by atoms with Gasteiger partial charge >= 0.3 is 0 Å². The standard InChI is InChI=1S/C21H21F2N5O/c1-3-28(4-2)15-10-8-14(9-11-15)26-19-13-24-18(12-25-19)21(29)27-20-16(22)6-5-7-17(20)23/h5-13H,3-4H2,1-2H3,(H,25,26)(H,27,29). The molecule has 8 heteroatoms. The zero-order chi connectivity index (χ0) is 20.8. The van der Waals surface area contributed by atoms with Crippen molar-refractivity contribution in [3.63, 3.8) is 0 Å². The van der Waals surface area contributed by atoms with Crippen molar-refractivity contribution in [1.29, 1.82) is 0 Å². The number of hydrogen-bond acceptors (Lipinski definition) is 5. The molecule has 6 nitrogen and oxygen atoms in total. The maximum atomic E-state index is 13.7. The van der Waals surface area contributed by atoms with Crippen LogP contribution in [0.15, 0.2) is 54.9 Å². The zero-order valence-corrected chi connectivity index (χ0v) is 16.1. The molecule has 2 aromatic carbocycles. The Balaban J connectivity index is 1.66. The van der Waals surface area contributed by atoms with Gasteiger partial charge in [-0.15, -0.1) is 0 Å². The second-order valence-electron chi connectivity index (χ2n) is 6.18. The highest BCUT2D eigenvalue weighted by Crippen LogP contribution is 2.21. The minimum absolute atomic E-state index is 0.0601. The van der Waals surface area contributed by atoms with E-state index in [4.69, 9.17) is 0 Å². The number of amides is 1. The van der Waals surface area contributed by atoms with Crippen LogP contribution in [0.5, 0.6) is 0 Å². The smallest absolute Gasteiger partial charge is 0.276 e. The SMILES string of the molecule is CCN(CC)c1ccc(Nc2cnc(C(=O)Nc3c(F)cccc3F)cn2)cc1. The molecule has 0 atom stereocenters. The fourth-order valence-corrected chi connectivity index (χ4v) is 2.80. The molecule has 1 aromatic heterocycles. The Hall–Kier alpha value is -3.55. The molecular weight excluding hydrogens is 376 g/mol. The van der Waals surface area contributed by atoms with Crippen LogP contribution in [-0.2, 0) is 0 Å². The molecule has 29 heavy (non-hydrogen) atoms. The maximum Gasteiger partial charge on any atom is 0.276 e. The van der Waals surface area contributed by atoms with E-state index < -0.39 is 23.2 Å². The first-order valence-electron chi connectivity index (χ1n) is 9.21. The first-order valence-corrected chi connectivity index (χ1v) is 9.21. The molecule has 0 fully saturated rings. The van der Waals surface area contributed by atoms with Crippen molar-refractivity contribution in [3.8, 4) is 0 Å². The third kappa shape index (κ3) is 4.84. The Morgan fingerprint density at radius 3 is 2.17 bits per heavy atom. The van der Waals surface area contributed by atoms with Gasteiger partial charge in [0.1, 0.15) is 28.8 Å². The lowest BCUT2D eigenvalue weighted by atomic mass is 10.2. The number of carbonyl (C=O) groups excluding carboxylic acids is 1. The van der Waals surface area contributed by atoms with Crippen molar-refractivity contribution >= 4 is 28.8 Å². The molecule has 3 aromatic rings. The number of aromatic nitrogens is 2. The van der Waals surface area contributed by atoms with E-state index in [0.717, 1.165) is 36.6 Å². The van der Waals surface area contributed by atoms with Crippen LogP contribution in [0.2, 0.25) is 0 Å². The predicted octanol–water partition coefficient (Wildman–Crippen LogP) is 4.60. The van der Waals surface area contributed by atoms with Crippen molar-refractivity contribution in [2.45, 2.75) is 13.8 Å². The van der Waals surface area contributed by atoms with Gasteiger partial charge in [-0.1, -0.05) is 6.07 Å². The quantitative estimate of drug-likeness (QED) is 0.610. The van der Waals surface area contributed by atoms with Gasteiger partial charge < -0.3 is 15.5 Å². The highest BCUT2D eigenvalue weighted by Gasteiger charge is 2.14. The van der Waals surface area contributed by atoms with Crippen molar-refractivity contribution in [2.24, 2.45) is 0 Å². The molecule has 0 unspecified atom stereocenters. The van der Waals surface area contributed by atoms with Crippen LogP contribution in [0, 0.1) is 11.6 Å². The van der Waals surface area contributed by atoms with E-state index in [1.54, 1.807) is 0 Å². The van der Waals surface area contributed by atoms with Crippen molar-refractivity contribution in [2.75, 3.05) is 28.6 Å². The number of anilines is 4. The Morgan fingerprint density at radius 1 is 0.966 bits per heavy atom. The van der Waals surface area contributed by atoms with Crippen LogP contribution in [0.4, 0.5) is 31.7 Å². The number of carbonyl (C=O) groups is 1. The van der Waals surface area contributed by atoms with E-state index >= 15 is 0 Å². The third-order valence-electron chi connectivity index (χ3n) is 4.35. The first-order chi connectivity index (χ1) is 14.0. The lowest BCUT2D eigenvalue weighted by Crippen LogP contribution is -2.21.